The largest absolute Gasteiger partial charge is 0.497 e. The monoisotopic (exact) mass is 384 g/mol. The van der Waals surface area contributed by atoms with Crippen molar-refractivity contribution < 1.29 is 14.3 Å². The van der Waals surface area contributed by atoms with E-state index < -0.39 is 5.41 Å². The van der Waals surface area contributed by atoms with Crippen LogP contribution in [0.1, 0.15) is 35.1 Å². The highest BCUT2D eigenvalue weighted by Gasteiger charge is 2.52. The molecule has 1 N–H and O–H groups in total. The van der Waals surface area contributed by atoms with Gasteiger partial charge >= 0.3 is 0 Å². The van der Waals surface area contributed by atoms with Crippen LogP contribution in [-0.2, 0) is 17.6 Å². The van der Waals surface area contributed by atoms with E-state index in [1.807, 2.05) is 30.3 Å². The molecule has 0 atom stereocenters. The van der Waals surface area contributed by atoms with Crippen LogP contribution in [0.3, 0.4) is 0 Å². The van der Waals surface area contributed by atoms with Gasteiger partial charge in [0.1, 0.15) is 11.4 Å². The molecule has 150 valence electrons. The molecule has 0 saturated carbocycles. The van der Waals surface area contributed by atoms with E-state index >= 15 is 0 Å². The molecule has 0 aliphatic carbocycles. The van der Waals surface area contributed by atoms with Crippen molar-refractivity contribution in [2.24, 2.45) is 5.41 Å². The number of hydrogen-bond donors (Lipinski definition) is 1. The molecule has 1 aliphatic rings. The lowest BCUT2D eigenvalue weighted by Crippen LogP contribution is -2.65. The molecule has 1 aliphatic heterocycles. The van der Waals surface area contributed by atoms with E-state index in [2.05, 4.69) is 17.1 Å². The van der Waals surface area contributed by atoms with Crippen LogP contribution in [0.2, 0.25) is 0 Å². The Morgan fingerprint density at radius 1 is 1.29 bits per heavy atom. The number of amides is 2. The highest BCUT2D eigenvalue weighted by atomic mass is 16.5. The molecule has 0 radical (unpaired) electrons. The minimum Gasteiger partial charge on any atom is -0.497 e. The van der Waals surface area contributed by atoms with Crippen molar-refractivity contribution in [1.82, 2.24) is 20.0 Å². The van der Waals surface area contributed by atoms with E-state index in [9.17, 15) is 9.59 Å². The zero-order valence-electron chi connectivity index (χ0n) is 17.0. The van der Waals surface area contributed by atoms with Crippen molar-refractivity contribution in [2.75, 3.05) is 34.3 Å². The summed E-state index contributed by atoms with van der Waals surface area (Å²) < 4.78 is 5.30. The summed E-state index contributed by atoms with van der Waals surface area (Å²) in [5.41, 5.74) is 1.77. The van der Waals surface area contributed by atoms with Crippen LogP contribution < -0.4 is 4.74 Å². The van der Waals surface area contributed by atoms with E-state index in [4.69, 9.17) is 4.74 Å². The summed E-state index contributed by atoms with van der Waals surface area (Å²) in [5.74, 6) is 0.664. The fourth-order valence-electron chi connectivity index (χ4n) is 3.83. The molecule has 7 heteroatoms. The number of rotatable bonds is 7. The Bertz CT molecular complexity index is 853. The van der Waals surface area contributed by atoms with Crippen molar-refractivity contribution in [1.29, 1.82) is 0 Å². The summed E-state index contributed by atoms with van der Waals surface area (Å²) in [5, 5.41) is 7.06. The maximum Gasteiger partial charge on any atom is 0.274 e. The standard InChI is InChI=1S/C21H28N4O3/c1-5-7-16-11-18(23-22-16)19(26)25-13-21(14-25,20(27)24(2)3)12-15-8-6-9-17(10-15)28-4/h6,8-11H,5,7,12-14H2,1-4H3,(H,22,23). The number of benzene rings is 1. The van der Waals surface area contributed by atoms with Gasteiger partial charge in [-0.3, -0.25) is 14.7 Å². The number of H-pyrrole nitrogens is 1. The number of carbonyl (C=O) groups excluding carboxylic acids is 2. The van der Waals surface area contributed by atoms with Crippen LogP contribution in [0, 0.1) is 5.41 Å². The van der Waals surface area contributed by atoms with Crippen LogP contribution >= 0.6 is 0 Å². The Labute approximate surface area is 165 Å². The lowest BCUT2D eigenvalue weighted by atomic mass is 9.73. The number of nitrogens with one attached hydrogen (secondary N) is 1. The quantitative estimate of drug-likeness (QED) is 0.793. The Balaban J connectivity index is 1.76. The molecule has 0 spiro atoms. The first kappa shape index (κ1) is 19.9. The second-order valence-electron chi connectivity index (χ2n) is 7.70. The van der Waals surface area contributed by atoms with Crippen molar-refractivity contribution in [3.63, 3.8) is 0 Å². The van der Waals surface area contributed by atoms with Gasteiger partial charge in [-0.2, -0.15) is 5.10 Å². The van der Waals surface area contributed by atoms with E-state index in [1.54, 1.807) is 31.0 Å². The number of aromatic nitrogens is 2. The molecule has 0 unspecified atom stereocenters. The molecule has 1 aromatic carbocycles. The lowest BCUT2D eigenvalue weighted by Gasteiger charge is -2.49. The second kappa shape index (κ2) is 8.04. The summed E-state index contributed by atoms with van der Waals surface area (Å²) in [6.07, 6.45) is 2.41. The van der Waals surface area contributed by atoms with Gasteiger partial charge in [0, 0.05) is 32.9 Å². The zero-order chi connectivity index (χ0) is 20.3. The van der Waals surface area contributed by atoms with Crippen LogP contribution in [0.25, 0.3) is 0 Å². The predicted octanol–water partition coefficient (Wildman–Crippen LogP) is 2.14. The Morgan fingerprint density at radius 2 is 2.04 bits per heavy atom. The van der Waals surface area contributed by atoms with E-state index in [-0.39, 0.29) is 11.8 Å². The first-order valence-corrected chi connectivity index (χ1v) is 9.57. The molecule has 7 nitrogen and oxygen atoms in total. The Hall–Kier alpha value is -2.83. The molecular weight excluding hydrogens is 356 g/mol. The van der Waals surface area contributed by atoms with E-state index in [1.165, 1.54) is 0 Å². The van der Waals surface area contributed by atoms with Gasteiger partial charge in [0.25, 0.3) is 5.91 Å². The molecule has 3 rings (SSSR count). The van der Waals surface area contributed by atoms with Gasteiger partial charge in [0.05, 0.1) is 12.5 Å². The van der Waals surface area contributed by atoms with Crippen LogP contribution in [0.15, 0.2) is 30.3 Å². The first-order valence-electron chi connectivity index (χ1n) is 9.57. The summed E-state index contributed by atoms with van der Waals surface area (Å²) in [6.45, 7) is 2.85. The van der Waals surface area contributed by atoms with Crippen molar-refractivity contribution in [3.05, 3.63) is 47.3 Å². The number of carbonyl (C=O) groups is 2. The summed E-state index contributed by atoms with van der Waals surface area (Å²) in [7, 11) is 5.13. The smallest absolute Gasteiger partial charge is 0.274 e. The average Bonchev–Trinajstić information content (AvgIpc) is 3.12. The van der Waals surface area contributed by atoms with Crippen molar-refractivity contribution in [3.8, 4) is 5.75 Å². The molecule has 2 aromatic rings. The fourth-order valence-corrected chi connectivity index (χ4v) is 3.83. The number of methoxy groups -OCH3 is 1. The minimum absolute atomic E-state index is 0.0352. The van der Waals surface area contributed by atoms with Crippen LogP contribution in [0.5, 0.6) is 5.75 Å². The van der Waals surface area contributed by atoms with Gasteiger partial charge in [-0.15, -0.1) is 0 Å². The third kappa shape index (κ3) is 3.88. The molecule has 2 heterocycles. The molecule has 1 saturated heterocycles. The van der Waals surface area contributed by atoms with Gasteiger partial charge in [-0.1, -0.05) is 25.5 Å². The maximum atomic E-state index is 12.9. The van der Waals surface area contributed by atoms with E-state index in [0.717, 1.165) is 29.8 Å². The first-order chi connectivity index (χ1) is 13.4. The molecule has 2 amide bonds. The summed E-state index contributed by atoms with van der Waals surface area (Å²) in [4.78, 5) is 29.0. The van der Waals surface area contributed by atoms with Gasteiger partial charge in [-0.05, 0) is 36.6 Å². The molecule has 1 fully saturated rings. The maximum absolute atomic E-state index is 12.9. The topological polar surface area (TPSA) is 78.5 Å². The lowest BCUT2D eigenvalue weighted by molar-refractivity contribution is -0.148. The number of aryl methyl sites for hydroxylation is 1. The third-order valence-corrected chi connectivity index (χ3v) is 5.18. The Kier molecular flexibility index (Phi) is 5.72. The van der Waals surface area contributed by atoms with Crippen LogP contribution in [0.4, 0.5) is 0 Å². The summed E-state index contributed by atoms with van der Waals surface area (Å²) in [6, 6.07) is 9.54. The molecule has 1 aromatic heterocycles. The second-order valence-corrected chi connectivity index (χ2v) is 7.70. The van der Waals surface area contributed by atoms with Crippen molar-refractivity contribution >= 4 is 11.8 Å². The van der Waals surface area contributed by atoms with Crippen molar-refractivity contribution in [2.45, 2.75) is 26.2 Å². The van der Waals surface area contributed by atoms with Gasteiger partial charge in [0.15, 0.2) is 0 Å². The minimum atomic E-state index is -0.617. The highest BCUT2D eigenvalue weighted by molar-refractivity contribution is 5.95. The number of hydrogen-bond acceptors (Lipinski definition) is 4. The zero-order valence-corrected chi connectivity index (χ0v) is 17.0. The number of aromatic amines is 1. The van der Waals surface area contributed by atoms with Gasteiger partial charge < -0.3 is 14.5 Å². The van der Waals surface area contributed by atoms with Gasteiger partial charge in [0.2, 0.25) is 5.91 Å². The average molecular weight is 384 g/mol. The molecule has 28 heavy (non-hydrogen) atoms. The third-order valence-electron chi connectivity index (χ3n) is 5.18. The molecular formula is C21H28N4O3. The van der Waals surface area contributed by atoms with E-state index in [0.29, 0.717) is 25.2 Å². The number of likely N-dealkylation sites (tertiary alicyclic amines) is 1. The van der Waals surface area contributed by atoms with Crippen LogP contribution in [-0.4, -0.2) is 66.1 Å². The normalized spacial score (nSPS) is 15.1. The number of nitrogens with zero attached hydrogens (tertiary/aromatic N) is 3. The van der Waals surface area contributed by atoms with Gasteiger partial charge in [-0.25, -0.2) is 0 Å². The predicted molar refractivity (Wildman–Crippen MR) is 106 cm³/mol. The Morgan fingerprint density at radius 3 is 2.68 bits per heavy atom. The highest BCUT2D eigenvalue weighted by Crippen LogP contribution is 2.37. The SMILES string of the molecule is CCCc1cc(C(=O)N2CC(Cc3cccc(OC)c3)(C(=O)N(C)C)C2)n[nH]1. The molecule has 0 bridgehead atoms. The summed E-state index contributed by atoms with van der Waals surface area (Å²) >= 11 is 0. The number of ether oxygens (including phenoxy) is 1. The fraction of sp³-hybridized carbons (Fsp3) is 0.476.